The SMILES string of the molecule is CC(C)/C(CC1CCc2c(cccc2OCC(=O)O)C1)=N/OC(c1ccccc1)c1ccccc1. The molecule has 1 atom stereocenters. The van der Waals surface area contributed by atoms with E-state index in [1.165, 1.54) is 5.56 Å². The van der Waals surface area contributed by atoms with Gasteiger partial charge in [-0.3, -0.25) is 0 Å². The van der Waals surface area contributed by atoms with E-state index in [4.69, 9.17) is 19.8 Å². The van der Waals surface area contributed by atoms with Crippen molar-refractivity contribution in [2.45, 2.75) is 45.6 Å². The van der Waals surface area contributed by atoms with Crippen LogP contribution in [0.3, 0.4) is 0 Å². The Kier molecular flexibility index (Phi) is 8.19. The van der Waals surface area contributed by atoms with Crippen LogP contribution in [0.25, 0.3) is 0 Å². The molecule has 5 heteroatoms. The van der Waals surface area contributed by atoms with Crippen LogP contribution in [0.2, 0.25) is 0 Å². The first kappa shape index (κ1) is 24.5. The van der Waals surface area contributed by atoms with Crippen molar-refractivity contribution < 1.29 is 19.5 Å². The minimum atomic E-state index is -0.960. The molecule has 4 rings (SSSR count). The Bertz CT molecular complexity index is 1100. The number of rotatable bonds is 10. The smallest absolute Gasteiger partial charge is 0.341 e. The van der Waals surface area contributed by atoms with Crippen molar-refractivity contribution in [2.75, 3.05) is 6.61 Å². The summed E-state index contributed by atoms with van der Waals surface area (Å²) >= 11 is 0. The largest absolute Gasteiger partial charge is 0.482 e. The molecule has 0 saturated heterocycles. The summed E-state index contributed by atoms with van der Waals surface area (Å²) in [4.78, 5) is 17.2. The van der Waals surface area contributed by atoms with E-state index in [0.29, 0.717) is 11.7 Å². The third-order valence-electron chi connectivity index (χ3n) is 6.54. The van der Waals surface area contributed by atoms with Gasteiger partial charge in [-0.05, 0) is 65.8 Å². The maximum absolute atomic E-state index is 10.9. The van der Waals surface area contributed by atoms with Gasteiger partial charge in [-0.1, -0.05) is 91.8 Å². The lowest BCUT2D eigenvalue weighted by atomic mass is 9.80. The molecule has 0 fully saturated rings. The van der Waals surface area contributed by atoms with E-state index in [0.717, 1.165) is 48.1 Å². The molecule has 0 aromatic heterocycles. The van der Waals surface area contributed by atoms with Crippen molar-refractivity contribution in [3.05, 3.63) is 101 Å². The summed E-state index contributed by atoms with van der Waals surface area (Å²) < 4.78 is 5.53. The molecule has 1 N–H and O–H groups in total. The average molecular weight is 472 g/mol. The third-order valence-corrected chi connectivity index (χ3v) is 6.54. The fourth-order valence-electron chi connectivity index (χ4n) is 4.66. The number of aliphatic carboxylic acids is 1. The zero-order valence-electron chi connectivity index (χ0n) is 20.4. The quantitative estimate of drug-likeness (QED) is 0.272. The molecule has 5 nitrogen and oxygen atoms in total. The number of fused-ring (bicyclic) bond motifs is 1. The second-order valence-electron chi connectivity index (χ2n) is 9.43. The number of ether oxygens (including phenoxy) is 1. The Morgan fingerprint density at radius 3 is 2.23 bits per heavy atom. The van der Waals surface area contributed by atoms with Crippen LogP contribution in [0.4, 0.5) is 0 Å². The van der Waals surface area contributed by atoms with Crippen LogP contribution in [0.1, 0.15) is 55.0 Å². The molecular weight excluding hydrogens is 438 g/mol. The lowest BCUT2D eigenvalue weighted by molar-refractivity contribution is -0.139. The van der Waals surface area contributed by atoms with E-state index in [9.17, 15) is 4.79 Å². The predicted molar refractivity (Wildman–Crippen MR) is 138 cm³/mol. The highest BCUT2D eigenvalue weighted by atomic mass is 16.6. The maximum atomic E-state index is 10.9. The summed E-state index contributed by atoms with van der Waals surface area (Å²) in [5.74, 6) is 0.457. The van der Waals surface area contributed by atoms with Crippen molar-refractivity contribution in [2.24, 2.45) is 17.0 Å². The van der Waals surface area contributed by atoms with E-state index in [-0.39, 0.29) is 18.6 Å². The van der Waals surface area contributed by atoms with Crippen molar-refractivity contribution >= 4 is 11.7 Å². The van der Waals surface area contributed by atoms with Gasteiger partial charge in [0.2, 0.25) is 0 Å². The summed E-state index contributed by atoms with van der Waals surface area (Å²) in [5, 5.41) is 13.7. The van der Waals surface area contributed by atoms with Gasteiger partial charge in [-0.2, -0.15) is 0 Å². The third kappa shape index (κ3) is 6.50. The highest BCUT2D eigenvalue weighted by molar-refractivity contribution is 5.86. The molecule has 0 radical (unpaired) electrons. The molecule has 1 aliphatic carbocycles. The van der Waals surface area contributed by atoms with Gasteiger partial charge in [0.1, 0.15) is 5.75 Å². The van der Waals surface area contributed by atoms with Crippen LogP contribution in [-0.2, 0) is 22.5 Å². The Labute approximate surface area is 207 Å². The van der Waals surface area contributed by atoms with Crippen molar-refractivity contribution in [1.29, 1.82) is 0 Å². The summed E-state index contributed by atoms with van der Waals surface area (Å²) in [6, 6.07) is 26.3. The fourth-order valence-corrected chi connectivity index (χ4v) is 4.66. The van der Waals surface area contributed by atoms with Gasteiger partial charge in [0.15, 0.2) is 12.7 Å². The summed E-state index contributed by atoms with van der Waals surface area (Å²) in [7, 11) is 0. The number of oxime groups is 1. The molecule has 0 spiro atoms. The molecule has 3 aromatic rings. The number of carbonyl (C=O) groups is 1. The Morgan fingerprint density at radius 1 is 0.971 bits per heavy atom. The van der Waals surface area contributed by atoms with Crippen LogP contribution in [0.5, 0.6) is 5.75 Å². The van der Waals surface area contributed by atoms with Gasteiger partial charge >= 0.3 is 5.97 Å². The van der Waals surface area contributed by atoms with Gasteiger partial charge < -0.3 is 14.7 Å². The minimum Gasteiger partial charge on any atom is -0.482 e. The maximum Gasteiger partial charge on any atom is 0.341 e. The summed E-state index contributed by atoms with van der Waals surface area (Å²) in [6.07, 6.45) is 3.41. The minimum absolute atomic E-state index is 0.257. The van der Waals surface area contributed by atoms with Crippen LogP contribution in [0, 0.1) is 11.8 Å². The van der Waals surface area contributed by atoms with E-state index < -0.39 is 5.97 Å². The van der Waals surface area contributed by atoms with Crippen LogP contribution in [-0.4, -0.2) is 23.4 Å². The number of benzene rings is 3. The number of nitrogens with zero attached hydrogens (tertiary/aromatic N) is 1. The zero-order chi connectivity index (χ0) is 24.6. The molecule has 0 heterocycles. The highest BCUT2D eigenvalue weighted by Gasteiger charge is 2.25. The Hall–Kier alpha value is -3.60. The summed E-state index contributed by atoms with van der Waals surface area (Å²) in [6.45, 7) is 4.01. The van der Waals surface area contributed by atoms with Gasteiger partial charge in [0.25, 0.3) is 0 Å². The molecule has 1 aliphatic rings. The van der Waals surface area contributed by atoms with Crippen LogP contribution < -0.4 is 4.74 Å². The topological polar surface area (TPSA) is 68.1 Å². The second kappa shape index (κ2) is 11.7. The standard InChI is InChI=1S/C30H33NO4/c1-21(2)27(31-35-30(23-10-5-3-6-11-23)24-12-7-4-8-13-24)19-22-16-17-26-25(18-22)14-9-15-28(26)34-20-29(32)33/h3-15,21-22,30H,16-20H2,1-2H3,(H,32,33)/b31-27+. The van der Waals surface area contributed by atoms with E-state index in [1.54, 1.807) is 0 Å². The van der Waals surface area contributed by atoms with Gasteiger partial charge in [0.05, 0.1) is 5.71 Å². The first-order valence-electron chi connectivity index (χ1n) is 12.3. The van der Waals surface area contributed by atoms with Crippen molar-refractivity contribution in [1.82, 2.24) is 0 Å². The van der Waals surface area contributed by atoms with Crippen molar-refractivity contribution in [3.8, 4) is 5.75 Å². The van der Waals surface area contributed by atoms with E-state index in [2.05, 4.69) is 44.2 Å². The molecule has 35 heavy (non-hydrogen) atoms. The van der Waals surface area contributed by atoms with Crippen LogP contribution >= 0.6 is 0 Å². The number of carboxylic acid groups (broad SMARTS) is 1. The van der Waals surface area contributed by atoms with Crippen LogP contribution in [0.15, 0.2) is 84.0 Å². The first-order valence-corrected chi connectivity index (χ1v) is 12.3. The van der Waals surface area contributed by atoms with Gasteiger partial charge in [0, 0.05) is 0 Å². The number of hydrogen-bond donors (Lipinski definition) is 1. The van der Waals surface area contributed by atoms with Crippen molar-refractivity contribution in [3.63, 3.8) is 0 Å². The molecule has 0 saturated carbocycles. The molecule has 0 amide bonds. The van der Waals surface area contributed by atoms with E-state index >= 15 is 0 Å². The Balaban J connectivity index is 1.49. The zero-order valence-corrected chi connectivity index (χ0v) is 20.4. The van der Waals surface area contributed by atoms with E-state index in [1.807, 2.05) is 48.5 Å². The lowest BCUT2D eigenvalue weighted by Gasteiger charge is -2.27. The van der Waals surface area contributed by atoms with Gasteiger partial charge in [-0.15, -0.1) is 0 Å². The molecule has 0 bridgehead atoms. The lowest BCUT2D eigenvalue weighted by Crippen LogP contribution is -2.21. The molecule has 1 unspecified atom stereocenters. The second-order valence-corrected chi connectivity index (χ2v) is 9.43. The number of carboxylic acids is 1. The molecule has 182 valence electrons. The predicted octanol–water partition coefficient (Wildman–Crippen LogP) is 6.46. The fraction of sp³-hybridized carbons (Fsp3) is 0.333. The molecule has 0 aliphatic heterocycles. The first-order chi connectivity index (χ1) is 17.0. The van der Waals surface area contributed by atoms with Gasteiger partial charge in [-0.25, -0.2) is 4.79 Å². The number of hydrogen-bond acceptors (Lipinski definition) is 4. The average Bonchev–Trinajstić information content (AvgIpc) is 2.87. The highest BCUT2D eigenvalue weighted by Crippen LogP contribution is 2.34. The molecule has 3 aromatic carbocycles. The molecular formula is C30H33NO4. The monoisotopic (exact) mass is 471 g/mol. The summed E-state index contributed by atoms with van der Waals surface area (Å²) in [5.41, 5.74) is 5.59. The Morgan fingerprint density at radius 2 is 1.63 bits per heavy atom. The normalized spacial score (nSPS) is 15.7.